The molecule has 3 unspecified atom stereocenters. The van der Waals surface area contributed by atoms with Crippen LogP contribution in [0.25, 0.3) is 0 Å². The molecule has 8 heteroatoms. The summed E-state index contributed by atoms with van der Waals surface area (Å²) in [6.07, 6.45) is -5.99. The topological polar surface area (TPSA) is 45.6 Å². The molecule has 1 aromatic heterocycles. The van der Waals surface area contributed by atoms with Crippen LogP contribution in [0.5, 0.6) is 0 Å². The van der Waals surface area contributed by atoms with Gasteiger partial charge in [0.1, 0.15) is 11.1 Å². The van der Waals surface area contributed by atoms with Crippen LogP contribution in [0.1, 0.15) is 36.6 Å². The highest BCUT2D eigenvalue weighted by Crippen LogP contribution is 2.32. The number of halogens is 3. The molecule has 0 saturated carbocycles. The van der Waals surface area contributed by atoms with E-state index >= 15 is 0 Å². The summed E-state index contributed by atoms with van der Waals surface area (Å²) in [6.45, 7) is 2.74. The Balaban J connectivity index is 2.03. The zero-order valence-electron chi connectivity index (χ0n) is 11.9. The number of aromatic nitrogens is 1. The third kappa shape index (κ3) is 3.94. The second-order valence-corrected chi connectivity index (χ2v) is 6.11. The van der Waals surface area contributed by atoms with Crippen LogP contribution in [0.3, 0.4) is 0 Å². The number of alkyl halides is 3. The third-order valence-corrected chi connectivity index (χ3v) is 4.80. The molecule has 4 nitrogen and oxygen atoms in total. The monoisotopic (exact) mass is 324 g/mol. The summed E-state index contributed by atoms with van der Waals surface area (Å²) in [5, 5.41) is 12.1. The van der Waals surface area contributed by atoms with Crippen molar-refractivity contribution < 1.29 is 23.0 Å². The highest BCUT2D eigenvalue weighted by atomic mass is 32.1. The number of hydrogen-bond donors (Lipinski definition) is 1. The van der Waals surface area contributed by atoms with Crippen LogP contribution in [0.4, 0.5) is 13.2 Å². The summed E-state index contributed by atoms with van der Waals surface area (Å²) < 4.78 is 43.2. The van der Waals surface area contributed by atoms with Crippen LogP contribution >= 0.6 is 11.3 Å². The first-order chi connectivity index (χ1) is 9.82. The largest absolute Gasteiger partial charge is 0.415 e. The number of thiazole rings is 1. The molecule has 0 amide bonds. The van der Waals surface area contributed by atoms with Crippen LogP contribution < -0.4 is 0 Å². The van der Waals surface area contributed by atoms with Crippen molar-refractivity contribution in [2.24, 2.45) is 0 Å². The lowest BCUT2D eigenvalue weighted by Gasteiger charge is -2.29. The van der Waals surface area contributed by atoms with Crippen molar-refractivity contribution in [2.45, 2.75) is 50.7 Å². The van der Waals surface area contributed by atoms with Gasteiger partial charge < -0.3 is 9.84 Å². The second-order valence-electron chi connectivity index (χ2n) is 5.22. The van der Waals surface area contributed by atoms with Crippen LogP contribution in [-0.2, 0) is 11.3 Å². The number of nitrogens with zero attached hydrogens (tertiary/aromatic N) is 2. The quantitative estimate of drug-likeness (QED) is 0.905. The van der Waals surface area contributed by atoms with E-state index in [4.69, 9.17) is 4.74 Å². The van der Waals surface area contributed by atoms with Gasteiger partial charge in [-0.2, -0.15) is 13.2 Å². The summed E-state index contributed by atoms with van der Waals surface area (Å²) >= 11 is 1.43. The molecule has 1 fully saturated rings. The highest BCUT2D eigenvalue weighted by Gasteiger charge is 2.47. The predicted molar refractivity (Wildman–Crippen MR) is 73.0 cm³/mol. The lowest BCUT2D eigenvalue weighted by molar-refractivity contribution is -0.219. The normalized spacial score (nSPS) is 23.4. The molecule has 0 aliphatic carbocycles. The number of rotatable bonds is 5. The molecule has 120 valence electrons. The van der Waals surface area contributed by atoms with Crippen LogP contribution in [0.15, 0.2) is 5.38 Å². The molecule has 1 aromatic rings. The van der Waals surface area contributed by atoms with Crippen LogP contribution in [0.2, 0.25) is 0 Å². The molecule has 3 atom stereocenters. The van der Waals surface area contributed by atoms with Crippen molar-refractivity contribution in [1.29, 1.82) is 0 Å². The molecule has 1 aliphatic heterocycles. The Labute approximate surface area is 125 Å². The van der Waals surface area contributed by atoms with Gasteiger partial charge in [-0.1, -0.05) is 0 Å². The van der Waals surface area contributed by atoms with E-state index < -0.39 is 18.3 Å². The summed E-state index contributed by atoms with van der Waals surface area (Å²) in [5.74, 6) is 0. The number of hydrogen-bond acceptors (Lipinski definition) is 5. The standard InChI is InChI=1S/C13H19F3N2O2S/c1-8(20-2)12-17-9(7-21-12)6-18-5-3-4-10(18)11(19)13(14,15)16/h7-8,10-11,19H,3-6H2,1-2H3. The van der Waals surface area contributed by atoms with Gasteiger partial charge in [-0.3, -0.25) is 4.90 Å². The molecule has 2 heterocycles. The first-order valence-electron chi connectivity index (χ1n) is 6.79. The number of aliphatic hydroxyl groups is 1. The minimum Gasteiger partial charge on any atom is -0.382 e. The molecule has 2 rings (SSSR count). The van der Waals surface area contributed by atoms with Crippen LogP contribution in [-0.4, -0.2) is 47.0 Å². The third-order valence-electron chi connectivity index (χ3n) is 3.75. The van der Waals surface area contributed by atoms with Gasteiger partial charge in [0, 0.05) is 25.1 Å². The summed E-state index contributed by atoms with van der Waals surface area (Å²) in [5.41, 5.74) is 0.722. The Hall–Kier alpha value is -0.700. The van der Waals surface area contributed by atoms with Crippen LogP contribution in [0, 0.1) is 0 Å². The Morgan fingerprint density at radius 2 is 2.29 bits per heavy atom. The van der Waals surface area contributed by atoms with E-state index in [0.717, 1.165) is 10.7 Å². The van der Waals surface area contributed by atoms with E-state index in [-0.39, 0.29) is 6.10 Å². The predicted octanol–water partition coefficient (Wildman–Crippen LogP) is 2.74. The number of methoxy groups -OCH3 is 1. The molecule has 0 spiro atoms. The van der Waals surface area contributed by atoms with E-state index in [2.05, 4.69) is 4.98 Å². The first kappa shape index (κ1) is 16.7. The maximum absolute atomic E-state index is 12.7. The van der Waals surface area contributed by atoms with E-state index in [1.165, 1.54) is 11.3 Å². The van der Waals surface area contributed by atoms with Gasteiger partial charge in [0.25, 0.3) is 0 Å². The molecule has 1 N–H and O–H groups in total. The van der Waals surface area contributed by atoms with Gasteiger partial charge >= 0.3 is 6.18 Å². The minimum atomic E-state index is -4.58. The molecule has 0 aromatic carbocycles. The van der Waals surface area contributed by atoms with E-state index in [1.54, 1.807) is 12.0 Å². The van der Waals surface area contributed by atoms with Gasteiger partial charge in [0.15, 0.2) is 6.10 Å². The fraction of sp³-hybridized carbons (Fsp3) is 0.769. The average molecular weight is 324 g/mol. The molecule has 0 radical (unpaired) electrons. The fourth-order valence-electron chi connectivity index (χ4n) is 2.51. The van der Waals surface area contributed by atoms with E-state index in [0.29, 0.717) is 25.9 Å². The molecule has 21 heavy (non-hydrogen) atoms. The second kappa shape index (κ2) is 6.60. The molecular formula is C13H19F3N2O2S. The van der Waals surface area contributed by atoms with Crippen molar-refractivity contribution in [2.75, 3.05) is 13.7 Å². The molecule has 0 bridgehead atoms. The molecule has 1 saturated heterocycles. The molecular weight excluding hydrogens is 305 g/mol. The Kier molecular flexibility index (Phi) is 5.24. The van der Waals surface area contributed by atoms with E-state index in [9.17, 15) is 18.3 Å². The Morgan fingerprint density at radius 1 is 1.57 bits per heavy atom. The zero-order chi connectivity index (χ0) is 15.6. The zero-order valence-corrected chi connectivity index (χ0v) is 12.7. The smallest absolute Gasteiger partial charge is 0.382 e. The van der Waals surface area contributed by atoms with Gasteiger partial charge in [0.05, 0.1) is 5.69 Å². The van der Waals surface area contributed by atoms with Crippen molar-refractivity contribution in [1.82, 2.24) is 9.88 Å². The molecule has 1 aliphatic rings. The van der Waals surface area contributed by atoms with Crippen molar-refractivity contribution in [3.05, 3.63) is 16.1 Å². The van der Waals surface area contributed by atoms with Gasteiger partial charge in [-0.15, -0.1) is 11.3 Å². The van der Waals surface area contributed by atoms with E-state index in [1.807, 2.05) is 12.3 Å². The number of ether oxygens (including phenoxy) is 1. The summed E-state index contributed by atoms with van der Waals surface area (Å²) in [4.78, 5) is 6.05. The minimum absolute atomic E-state index is 0.126. The lowest BCUT2D eigenvalue weighted by Crippen LogP contribution is -2.46. The van der Waals surface area contributed by atoms with Gasteiger partial charge in [0.2, 0.25) is 0 Å². The summed E-state index contributed by atoms with van der Waals surface area (Å²) in [6, 6.07) is -0.880. The first-order valence-corrected chi connectivity index (χ1v) is 7.66. The fourth-order valence-corrected chi connectivity index (χ4v) is 3.36. The van der Waals surface area contributed by atoms with Gasteiger partial charge in [-0.05, 0) is 26.3 Å². The summed E-state index contributed by atoms with van der Waals surface area (Å²) in [7, 11) is 1.59. The Morgan fingerprint density at radius 3 is 2.90 bits per heavy atom. The Bertz CT molecular complexity index is 467. The maximum Gasteiger partial charge on any atom is 0.415 e. The van der Waals surface area contributed by atoms with Crippen molar-refractivity contribution in [3.8, 4) is 0 Å². The maximum atomic E-state index is 12.7. The SMILES string of the molecule is COC(C)c1nc(CN2CCCC2C(O)C(F)(F)F)cs1. The van der Waals surface area contributed by atoms with Gasteiger partial charge in [-0.25, -0.2) is 4.98 Å². The lowest BCUT2D eigenvalue weighted by atomic mass is 10.1. The highest BCUT2D eigenvalue weighted by molar-refractivity contribution is 7.09. The number of likely N-dealkylation sites (tertiary alicyclic amines) is 1. The van der Waals surface area contributed by atoms with Crippen molar-refractivity contribution in [3.63, 3.8) is 0 Å². The average Bonchev–Trinajstić information content (AvgIpc) is 3.05. The van der Waals surface area contributed by atoms with Crippen molar-refractivity contribution >= 4 is 11.3 Å². The number of aliphatic hydroxyl groups excluding tert-OH is 1.